The first-order chi connectivity index (χ1) is 12.2. The molecule has 3 rings (SSSR count). The van der Waals surface area contributed by atoms with Crippen molar-refractivity contribution in [3.05, 3.63) is 34.6 Å². The number of unbranched alkanes of at least 4 members (excludes halogenated alkanes) is 2. The molecule has 0 bridgehead atoms. The molecule has 0 saturated carbocycles. The smallest absolute Gasteiger partial charge is 0.183 e. The Bertz CT molecular complexity index is 540. The van der Waals surface area contributed by atoms with Crippen molar-refractivity contribution in [2.45, 2.75) is 45.2 Å². The van der Waals surface area contributed by atoms with Crippen LogP contribution in [-0.4, -0.2) is 32.7 Å². The second-order valence-corrected chi connectivity index (χ2v) is 7.24. The lowest BCUT2D eigenvalue weighted by Gasteiger charge is -2.37. The molecule has 2 fully saturated rings. The topological polar surface area (TPSA) is 36.9 Å². The van der Waals surface area contributed by atoms with Crippen LogP contribution in [0.1, 0.15) is 44.5 Å². The van der Waals surface area contributed by atoms with E-state index in [-0.39, 0.29) is 17.2 Å². The van der Waals surface area contributed by atoms with Crippen LogP contribution < -0.4 is 0 Å². The average Bonchev–Trinajstić information content (AvgIpc) is 2.65. The minimum atomic E-state index is -0.576. The third-order valence-corrected chi connectivity index (χ3v) is 5.04. The molecule has 0 unspecified atom stereocenters. The Labute approximate surface area is 153 Å². The lowest BCUT2D eigenvalue weighted by Crippen LogP contribution is -2.43. The molecule has 4 nitrogen and oxygen atoms in total. The van der Waals surface area contributed by atoms with E-state index in [9.17, 15) is 4.39 Å². The van der Waals surface area contributed by atoms with Gasteiger partial charge in [-0.2, -0.15) is 0 Å². The third-order valence-electron chi connectivity index (χ3n) is 4.73. The first-order valence-corrected chi connectivity index (χ1v) is 9.46. The summed E-state index contributed by atoms with van der Waals surface area (Å²) >= 11 is 5.71. The number of benzene rings is 1. The highest BCUT2D eigenvalue weighted by Gasteiger charge is 2.34. The van der Waals surface area contributed by atoms with E-state index in [1.807, 2.05) is 0 Å². The van der Waals surface area contributed by atoms with Crippen LogP contribution in [0, 0.1) is 17.7 Å². The highest BCUT2D eigenvalue weighted by molar-refractivity contribution is 6.30. The highest BCUT2D eigenvalue weighted by Crippen LogP contribution is 2.31. The van der Waals surface area contributed by atoms with Gasteiger partial charge in [-0.3, -0.25) is 0 Å². The standard InChI is InChI=1S/C19H26ClFO4/c1-2-3-4-5-13-9-22-19(23-10-13)15-11-24-18(25-12-15)14-6-7-16(20)17(21)8-14/h6-8,13,15,18-19H,2-5,9-12H2,1H3/t13-,15-,18-,19-. The second kappa shape index (κ2) is 9.28. The van der Waals surface area contributed by atoms with Gasteiger partial charge in [0.25, 0.3) is 0 Å². The molecule has 0 aliphatic carbocycles. The van der Waals surface area contributed by atoms with Crippen molar-refractivity contribution >= 4 is 11.6 Å². The van der Waals surface area contributed by atoms with Crippen molar-refractivity contribution in [2.24, 2.45) is 11.8 Å². The first kappa shape index (κ1) is 19.1. The van der Waals surface area contributed by atoms with Gasteiger partial charge in [0.05, 0.1) is 37.4 Å². The summed E-state index contributed by atoms with van der Waals surface area (Å²) in [5.74, 6) is 0.0459. The van der Waals surface area contributed by atoms with Crippen molar-refractivity contribution in [1.82, 2.24) is 0 Å². The molecule has 2 aliphatic rings. The number of halogens is 2. The van der Waals surface area contributed by atoms with E-state index in [1.165, 1.54) is 31.4 Å². The van der Waals surface area contributed by atoms with Crippen molar-refractivity contribution in [3.63, 3.8) is 0 Å². The quantitative estimate of drug-likeness (QED) is 0.677. The molecule has 2 saturated heterocycles. The summed E-state index contributed by atoms with van der Waals surface area (Å²) < 4.78 is 36.8. The Kier molecular flexibility index (Phi) is 7.08. The van der Waals surface area contributed by atoms with Gasteiger partial charge in [-0.05, 0) is 18.6 Å². The molecule has 1 aromatic rings. The summed E-state index contributed by atoms with van der Waals surface area (Å²) in [6.07, 6.45) is 4.01. The van der Waals surface area contributed by atoms with E-state index in [1.54, 1.807) is 6.07 Å². The van der Waals surface area contributed by atoms with Crippen LogP contribution in [0.4, 0.5) is 4.39 Å². The summed E-state index contributed by atoms with van der Waals surface area (Å²) in [5.41, 5.74) is 0.627. The number of ether oxygens (including phenoxy) is 4. The normalized spacial score (nSPS) is 30.4. The fourth-order valence-electron chi connectivity index (χ4n) is 3.21. The van der Waals surface area contributed by atoms with Crippen LogP contribution in [0.3, 0.4) is 0 Å². The van der Waals surface area contributed by atoms with Gasteiger partial charge in [0.1, 0.15) is 5.82 Å². The second-order valence-electron chi connectivity index (χ2n) is 6.83. The maximum absolute atomic E-state index is 13.6. The summed E-state index contributed by atoms with van der Waals surface area (Å²) in [6, 6.07) is 4.57. The van der Waals surface area contributed by atoms with Gasteiger partial charge in [0.2, 0.25) is 0 Å². The Balaban J connectivity index is 1.43. The molecule has 0 atom stereocenters. The molecule has 0 aromatic heterocycles. The Morgan fingerprint density at radius 2 is 1.76 bits per heavy atom. The molecule has 0 spiro atoms. The van der Waals surface area contributed by atoms with Crippen molar-refractivity contribution in [1.29, 1.82) is 0 Å². The molecular weight excluding hydrogens is 347 g/mol. The van der Waals surface area contributed by atoms with Gasteiger partial charge < -0.3 is 18.9 Å². The van der Waals surface area contributed by atoms with Crippen LogP contribution >= 0.6 is 11.6 Å². The molecule has 2 heterocycles. The summed E-state index contributed by atoms with van der Waals surface area (Å²) in [6.45, 7) is 4.59. The molecule has 0 amide bonds. The van der Waals surface area contributed by atoms with E-state index < -0.39 is 12.1 Å². The van der Waals surface area contributed by atoms with Gasteiger partial charge in [-0.15, -0.1) is 0 Å². The Hall–Kier alpha value is -0.720. The minimum absolute atomic E-state index is 0.0324. The molecular formula is C19H26ClFO4. The maximum atomic E-state index is 13.6. The lowest BCUT2D eigenvalue weighted by atomic mass is 10.0. The SMILES string of the molecule is CCCCC[C@H]1CO[C@H]([C@H]2CO[C@H](c3ccc(Cl)c(F)c3)OC2)OC1. The van der Waals surface area contributed by atoms with Crippen LogP contribution in [0.15, 0.2) is 18.2 Å². The van der Waals surface area contributed by atoms with Crippen LogP contribution in [0.2, 0.25) is 5.02 Å². The monoisotopic (exact) mass is 372 g/mol. The van der Waals surface area contributed by atoms with Crippen LogP contribution in [0.5, 0.6) is 0 Å². The molecule has 0 N–H and O–H groups in total. The largest absolute Gasteiger partial charge is 0.352 e. The number of rotatable bonds is 6. The van der Waals surface area contributed by atoms with Gasteiger partial charge in [0, 0.05) is 11.5 Å². The first-order valence-electron chi connectivity index (χ1n) is 9.08. The van der Waals surface area contributed by atoms with E-state index >= 15 is 0 Å². The van der Waals surface area contributed by atoms with Gasteiger partial charge in [-0.1, -0.05) is 43.9 Å². The number of hydrogen-bond donors (Lipinski definition) is 0. The fraction of sp³-hybridized carbons (Fsp3) is 0.684. The van der Waals surface area contributed by atoms with E-state index in [4.69, 9.17) is 30.5 Å². The molecule has 25 heavy (non-hydrogen) atoms. The number of hydrogen-bond acceptors (Lipinski definition) is 4. The molecule has 0 radical (unpaired) electrons. The molecule has 1 aromatic carbocycles. The molecule has 2 aliphatic heterocycles. The van der Waals surface area contributed by atoms with E-state index in [0.717, 1.165) is 19.6 Å². The maximum Gasteiger partial charge on any atom is 0.183 e. The average molecular weight is 373 g/mol. The summed E-state index contributed by atoms with van der Waals surface area (Å²) in [5, 5.41) is 0.0925. The summed E-state index contributed by atoms with van der Waals surface area (Å²) in [4.78, 5) is 0. The van der Waals surface area contributed by atoms with Gasteiger partial charge in [0.15, 0.2) is 12.6 Å². The highest BCUT2D eigenvalue weighted by atomic mass is 35.5. The fourth-order valence-corrected chi connectivity index (χ4v) is 3.32. The Morgan fingerprint density at radius 1 is 1.04 bits per heavy atom. The van der Waals surface area contributed by atoms with Crippen molar-refractivity contribution < 1.29 is 23.3 Å². The predicted octanol–water partition coefficient (Wildman–Crippen LogP) is 4.71. The lowest BCUT2D eigenvalue weighted by molar-refractivity contribution is -0.283. The molecule has 6 heteroatoms. The van der Waals surface area contributed by atoms with Crippen LogP contribution in [0.25, 0.3) is 0 Å². The third kappa shape index (κ3) is 5.14. The zero-order valence-electron chi connectivity index (χ0n) is 14.6. The van der Waals surface area contributed by atoms with E-state index in [0.29, 0.717) is 24.7 Å². The van der Waals surface area contributed by atoms with E-state index in [2.05, 4.69) is 6.92 Å². The molecule has 140 valence electrons. The Morgan fingerprint density at radius 3 is 2.40 bits per heavy atom. The summed E-state index contributed by atoms with van der Waals surface area (Å²) in [7, 11) is 0. The zero-order chi connectivity index (χ0) is 17.6. The van der Waals surface area contributed by atoms with Gasteiger partial charge in [-0.25, -0.2) is 4.39 Å². The minimum Gasteiger partial charge on any atom is -0.352 e. The predicted molar refractivity (Wildman–Crippen MR) is 92.9 cm³/mol. The zero-order valence-corrected chi connectivity index (χ0v) is 15.3. The van der Waals surface area contributed by atoms with Crippen molar-refractivity contribution in [2.75, 3.05) is 26.4 Å². The van der Waals surface area contributed by atoms with Gasteiger partial charge >= 0.3 is 0 Å². The van der Waals surface area contributed by atoms with Crippen molar-refractivity contribution in [3.8, 4) is 0 Å². The van der Waals surface area contributed by atoms with Crippen LogP contribution in [-0.2, 0) is 18.9 Å².